The minimum Gasteiger partial charge on any atom is -0.437 e. The molecule has 1 aromatic heterocycles. The molecule has 17 heavy (non-hydrogen) atoms. The van der Waals surface area contributed by atoms with Gasteiger partial charge in [0.05, 0.1) is 5.02 Å². The van der Waals surface area contributed by atoms with E-state index in [-0.39, 0.29) is 5.15 Å². The number of pyridine rings is 1. The van der Waals surface area contributed by atoms with E-state index in [1.165, 1.54) is 6.07 Å². The molecular formula is C11H7BrCl2N2O. The van der Waals surface area contributed by atoms with Gasteiger partial charge in [0.2, 0.25) is 5.88 Å². The van der Waals surface area contributed by atoms with Crippen LogP contribution in [0.25, 0.3) is 0 Å². The highest BCUT2D eigenvalue weighted by atomic mass is 79.9. The number of nitrogen functional groups attached to an aromatic ring is 1. The molecule has 2 N–H and O–H groups in total. The highest BCUT2D eigenvalue weighted by Gasteiger charge is 2.06. The van der Waals surface area contributed by atoms with Gasteiger partial charge in [-0.25, -0.2) is 4.98 Å². The van der Waals surface area contributed by atoms with E-state index in [2.05, 4.69) is 20.9 Å². The fraction of sp³-hybridized carbons (Fsp3) is 0. The molecule has 2 aromatic rings. The Morgan fingerprint density at radius 2 is 1.94 bits per heavy atom. The number of hydrogen-bond acceptors (Lipinski definition) is 3. The second-order valence-electron chi connectivity index (χ2n) is 3.24. The molecule has 0 aliphatic carbocycles. The maximum atomic E-state index is 5.99. The summed E-state index contributed by atoms with van der Waals surface area (Å²) in [6.07, 6.45) is 0. The van der Waals surface area contributed by atoms with Gasteiger partial charge < -0.3 is 10.5 Å². The summed E-state index contributed by atoms with van der Waals surface area (Å²) < 4.78 is 6.37. The van der Waals surface area contributed by atoms with E-state index in [1.54, 1.807) is 18.2 Å². The zero-order valence-electron chi connectivity index (χ0n) is 8.45. The van der Waals surface area contributed by atoms with Gasteiger partial charge in [0.15, 0.2) is 0 Å². The molecule has 1 heterocycles. The lowest BCUT2D eigenvalue weighted by Gasteiger charge is -2.08. The standard InChI is InChI=1S/C11H7BrCl2N2O/c12-6-1-2-8(13)9(3-6)17-11-5-7(15)4-10(14)16-11/h1-5H,(H2,15,16). The monoisotopic (exact) mass is 332 g/mol. The van der Waals surface area contributed by atoms with Crippen LogP contribution in [0.1, 0.15) is 0 Å². The molecular weight excluding hydrogens is 327 g/mol. The van der Waals surface area contributed by atoms with Crippen LogP contribution in [0.15, 0.2) is 34.8 Å². The largest absolute Gasteiger partial charge is 0.437 e. The van der Waals surface area contributed by atoms with E-state index in [0.717, 1.165) is 4.47 Å². The smallest absolute Gasteiger partial charge is 0.222 e. The van der Waals surface area contributed by atoms with Crippen LogP contribution < -0.4 is 10.5 Å². The predicted octanol–water partition coefficient (Wildman–Crippen LogP) is 4.53. The van der Waals surface area contributed by atoms with Crippen LogP contribution in [-0.2, 0) is 0 Å². The van der Waals surface area contributed by atoms with Crippen molar-refractivity contribution < 1.29 is 4.74 Å². The van der Waals surface area contributed by atoms with Crippen molar-refractivity contribution in [2.24, 2.45) is 0 Å². The maximum absolute atomic E-state index is 5.99. The van der Waals surface area contributed by atoms with Crippen LogP contribution in [0.5, 0.6) is 11.6 Å². The first-order valence-corrected chi connectivity index (χ1v) is 6.15. The summed E-state index contributed by atoms with van der Waals surface area (Å²) in [4.78, 5) is 3.99. The van der Waals surface area contributed by atoms with Crippen LogP contribution in [0.3, 0.4) is 0 Å². The highest BCUT2D eigenvalue weighted by Crippen LogP contribution is 2.32. The molecule has 1 aromatic carbocycles. The molecule has 0 spiro atoms. The third-order valence-electron chi connectivity index (χ3n) is 1.90. The van der Waals surface area contributed by atoms with Crippen LogP contribution in [0.4, 0.5) is 5.69 Å². The summed E-state index contributed by atoms with van der Waals surface area (Å²) in [5.41, 5.74) is 6.11. The first-order chi connectivity index (χ1) is 8.04. The summed E-state index contributed by atoms with van der Waals surface area (Å²) in [6, 6.07) is 8.38. The molecule has 0 amide bonds. The second kappa shape index (κ2) is 5.12. The summed E-state index contributed by atoms with van der Waals surface area (Å²) in [7, 11) is 0. The van der Waals surface area contributed by atoms with Crippen LogP contribution in [0.2, 0.25) is 10.2 Å². The minimum absolute atomic E-state index is 0.270. The van der Waals surface area contributed by atoms with Crippen molar-refractivity contribution in [1.29, 1.82) is 0 Å². The molecule has 0 aliphatic rings. The number of ether oxygens (including phenoxy) is 1. The van der Waals surface area contributed by atoms with Gasteiger partial charge in [-0.15, -0.1) is 0 Å². The zero-order valence-corrected chi connectivity index (χ0v) is 11.6. The Bertz CT molecular complexity index is 543. The number of nitrogens with two attached hydrogens (primary N) is 1. The SMILES string of the molecule is Nc1cc(Cl)nc(Oc2cc(Br)ccc2Cl)c1. The molecule has 0 aliphatic heterocycles. The summed E-state index contributed by atoms with van der Waals surface area (Å²) in [6.45, 7) is 0. The van der Waals surface area contributed by atoms with Crippen molar-refractivity contribution in [2.75, 3.05) is 5.73 Å². The lowest BCUT2D eigenvalue weighted by atomic mass is 10.3. The van der Waals surface area contributed by atoms with E-state index < -0.39 is 0 Å². The quantitative estimate of drug-likeness (QED) is 0.821. The maximum Gasteiger partial charge on any atom is 0.222 e. The Balaban J connectivity index is 2.34. The lowest BCUT2D eigenvalue weighted by molar-refractivity contribution is 0.463. The Morgan fingerprint density at radius 3 is 2.65 bits per heavy atom. The summed E-state index contributed by atoms with van der Waals surface area (Å²) >= 11 is 15.1. The molecule has 0 unspecified atom stereocenters. The summed E-state index contributed by atoms with van der Waals surface area (Å²) in [5.74, 6) is 0.783. The van der Waals surface area contributed by atoms with Gasteiger partial charge >= 0.3 is 0 Å². The topological polar surface area (TPSA) is 48.1 Å². The first kappa shape index (κ1) is 12.5. The molecule has 0 fully saturated rings. The number of halogens is 3. The first-order valence-electron chi connectivity index (χ1n) is 4.60. The van der Waals surface area contributed by atoms with Crippen molar-refractivity contribution in [3.05, 3.63) is 45.0 Å². The highest BCUT2D eigenvalue weighted by molar-refractivity contribution is 9.10. The Hall–Kier alpha value is -0.970. The zero-order chi connectivity index (χ0) is 12.4. The van der Waals surface area contributed by atoms with Gasteiger partial charge in [-0.05, 0) is 24.3 Å². The van der Waals surface area contributed by atoms with Gasteiger partial charge in [0.25, 0.3) is 0 Å². The molecule has 0 bridgehead atoms. The molecule has 6 heteroatoms. The Kier molecular flexibility index (Phi) is 3.76. The van der Waals surface area contributed by atoms with Gasteiger partial charge in [-0.3, -0.25) is 0 Å². The third-order valence-corrected chi connectivity index (χ3v) is 2.90. The molecule has 0 saturated carbocycles. The number of anilines is 1. The van der Waals surface area contributed by atoms with Gasteiger partial charge in [0, 0.05) is 16.2 Å². The van der Waals surface area contributed by atoms with E-state index in [1.807, 2.05) is 6.07 Å². The van der Waals surface area contributed by atoms with E-state index >= 15 is 0 Å². The van der Waals surface area contributed by atoms with E-state index in [4.69, 9.17) is 33.7 Å². The van der Waals surface area contributed by atoms with Crippen LogP contribution in [-0.4, -0.2) is 4.98 Å². The number of benzene rings is 1. The number of nitrogens with zero attached hydrogens (tertiary/aromatic N) is 1. The number of aromatic nitrogens is 1. The average molecular weight is 334 g/mol. The van der Waals surface area contributed by atoms with Crippen molar-refractivity contribution >= 4 is 44.8 Å². The van der Waals surface area contributed by atoms with Gasteiger partial charge in [0.1, 0.15) is 10.9 Å². The fourth-order valence-electron chi connectivity index (χ4n) is 1.21. The number of rotatable bonds is 2. The van der Waals surface area contributed by atoms with Crippen molar-refractivity contribution in [2.45, 2.75) is 0 Å². The molecule has 0 atom stereocenters. The molecule has 0 saturated heterocycles. The molecule has 3 nitrogen and oxygen atoms in total. The Morgan fingerprint density at radius 1 is 1.18 bits per heavy atom. The van der Waals surface area contributed by atoms with Crippen molar-refractivity contribution in [1.82, 2.24) is 4.98 Å². The fourth-order valence-corrected chi connectivity index (χ4v) is 1.92. The van der Waals surface area contributed by atoms with Crippen LogP contribution in [0, 0.1) is 0 Å². The normalized spacial score (nSPS) is 10.3. The average Bonchev–Trinajstić information content (AvgIpc) is 2.22. The Labute approximate surface area is 117 Å². The predicted molar refractivity (Wildman–Crippen MR) is 72.9 cm³/mol. The van der Waals surface area contributed by atoms with Gasteiger partial charge in [-0.1, -0.05) is 39.1 Å². The minimum atomic E-state index is 0.270. The van der Waals surface area contributed by atoms with Crippen molar-refractivity contribution in [3.8, 4) is 11.6 Å². The molecule has 0 radical (unpaired) electrons. The van der Waals surface area contributed by atoms with Crippen LogP contribution >= 0.6 is 39.1 Å². The number of hydrogen-bond donors (Lipinski definition) is 1. The van der Waals surface area contributed by atoms with Gasteiger partial charge in [-0.2, -0.15) is 0 Å². The lowest BCUT2D eigenvalue weighted by Crippen LogP contribution is -1.92. The van der Waals surface area contributed by atoms with E-state index in [0.29, 0.717) is 22.3 Å². The van der Waals surface area contributed by atoms with E-state index in [9.17, 15) is 0 Å². The third kappa shape index (κ3) is 3.25. The van der Waals surface area contributed by atoms with Crippen molar-refractivity contribution in [3.63, 3.8) is 0 Å². The summed E-state index contributed by atoms with van der Waals surface area (Å²) in [5, 5.41) is 0.750. The molecule has 88 valence electrons. The molecule has 2 rings (SSSR count). The second-order valence-corrected chi connectivity index (χ2v) is 4.95.